The third kappa shape index (κ3) is 3.91. The number of nitrogens with zero attached hydrogens (tertiary/aromatic N) is 1. The van der Waals surface area contributed by atoms with E-state index in [0.29, 0.717) is 31.1 Å². The van der Waals surface area contributed by atoms with Crippen LogP contribution < -0.4 is 5.32 Å². The van der Waals surface area contributed by atoms with Gasteiger partial charge in [-0.1, -0.05) is 36.8 Å². The molecule has 0 aromatic heterocycles. The molecule has 0 unspecified atom stereocenters. The van der Waals surface area contributed by atoms with Gasteiger partial charge in [0.05, 0.1) is 11.7 Å². The van der Waals surface area contributed by atoms with E-state index in [9.17, 15) is 4.79 Å². The SMILES string of the molecule is CCCOCC(=O)NC[C@H]1[C@H]2CN(Cc3ccc(C)cc3)C[C@]23CC[C@H]1O3. The minimum absolute atomic E-state index is 0.00483. The summed E-state index contributed by atoms with van der Waals surface area (Å²) in [6.45, 7) is 8.77. The van der Waals surface area contributed by atoms with Gasteiger partial charge < -0.3 is 14.8 Å². The van der Waals surface area contributed by atoms with Crippen LogP contribution in [0.1, 0.15) is 37.3 Å². The van der Waals surface area contributed by atoms with Gasteiger partial charge in [-0.05, 0) is 31.7 Å². The second-order valence-electron chi connectivity index (χ2n) is 8.54. The molecule has 27 heavy (non-hydrogen) atoms. The Labute approximate surface area is 162 Å². The predicted molar refractivity (Wildman–Crippen MR) is 104 cm³/mol. The number of ether oxygens (including phenoxy) is 2. The van der Waals surface area contributed by atoms with Gasteiger partial charge in [-0.2, -0.15) is 0 Å². The second kappa shape index (κ2) is 7.90. The molecule has 5 heteroatoms. The molecule has 0 radical (unpaired) electrons. The number of fused-ring (bicyclic) bond motifs is 1. The third-order valence-electron chi connectivity index (χ3n) is 6.50. The van der Waals surface area contributed by atoms with Crippen LogP contribution >= 0.6 is 0 Å². The Morgan fingerprint density at radius 2 is 2.19 bits per heavy atom. The van der Waals surface area contributed by atoms with Crippen molar-refractivity contribution in [1.29, 1.82) is 0 Å². The molecule has 3 aliphatic heterocycles. The first-order valence-corrected chi connectivity index (χ1v) is 10.4. The minimum Gasteiger partial charge on any atom is -0.372 e. The zero-order valence-corrected chi connectivity index (χ0v) is 16.6. The smallest absolute Gasteiger partial charge is 0.246 e. The van der Waals surface area contributed by atoms with Crippen LogP contribution in [-0.4, -0.2) is 55.4 Å². The maximum atomic E-state index is 12.0. The number of rotatable bonds is 8. The number of hydrogen-bond donors (Lipinski definition) is 1. The summed E-state index contributed by atoms with van der Waals surface area (Å²) in [6, 6.07) is 8.83. The Hall–Kier alpha value is -1.43. The van der Waals surface area contributed by atoms with Crippen LogP contribution in [0.5, 0.6) is 0 Å². The summed E-state index contributed by atoms with van der Waals surface area (Å²) in [5, 5.41) is 3.09. The average Bonchev–Trinajstić information content (AvgIpc) is 3.30. The fraction of sp³-hybridized carbons (Fsp3) is 0.682. The molecule has 0 saturated carbocycles. The molecule has 3 saturated heterocycles. The molecule has 4 atom stereocenters. The van der Waals surface area contributed by atoms with Crippen LogP contribution in [0, 0.1) is 18.8 Å². The number of amides is 1. The van der Waals surface area contributed by atoms with Crippen molar-refractivity contribution in [2.45, 2.75) is 51.4 Å². The fourth-order valence-corrected chi connectivity index (χ4v) is 5.22. The van der Waals surface area contributed by atoms with Crippen LogP contribution in [0.4, 0.5) is 0 Å². The third-order valence-corrected chi connectivity index (χ3v) is 6.50. The van der Waals surface area contributed by atoms with Crippen LogP contribution in [0.15, 0.2) is 24.3 Å². The van der Waals surface area contributed by atoms with E-state index in [4.69, 9.17) is 9.47 Å². The molecule has 3 aliphatic rings. The van der Waals surface area contributed by atoms with E-state index in [1.54, 1.807) is 0 Å². The predicted octanol–water partition coefficient (Wildman–Crippen LogP) is 2.52. The highest BCUT2D eigenvalue weighted by Gasteiger charge is 2.62. The molecule has 1 N–H and O–H groups in total. The lowest BCUT2D eigenvalue weighted by Gasteiger charge is -2.29. The highest BCUT2D eigenvalue weighted by Crippen LogP contribution is 2.54. The number of carbonyl (C=O) groups excluding carboxylic acids is 1. The highest BCUT2D eigenvalue weighted by atomic mass is 16.5. The van der Waals surface area contributed by atoms with Gasteiger partial charge in [-0.3, -0.25) is 9.69 Å². The largest absolute Gasteiger partial charge is 0.372 e. The Balaban J connectivity index is 1.33. The molecule has 148 valence electrons. The molecule has 3 heterocycles. The number of aryl methyl sites for hydroxylation is 1. The van der Waals surface area contributed by atoms with Crippen molar-refractivity contribution in [1.82, 2.24) is 10.2 Å². The van der Waals surface area contributed by atoms with Gasteiger partial charge in [0.2, 0.25) is 5.91 Å². The topological polar surface area (TPSA) is 50.8 Å². The minimum atomic E-state index is -0.00483. The first-order valence-electron chi connectivity index (χ1n) is 10.4. The van der Waals surface area contributed by atoms with Crippen LogP contribution in [0.3, 0.4) is 0 Å². The summed E-state index contributed by atoms with van der Waals surface area (Å²) in [5.41, 5.74) is 2.68. The molecule has 1 amide bonds. The standard InChI is InChI=1S/C22H32N2O3/c1-3-10-26-14-21(25)23-11-18-19-13-24(12-17-6-4-16(2)5-7-17)15-22(19)9-8-20(18)27-22/h4-7,18-20H,3,8-15H2,1-2H3,(H,23,25)/t18-,19+,20+,22+/m0/s1. The van der Waals surface area contributed by atoms with Crippen LogP contribution in [0.25, 0.3) is 0 Å². The Morgan fingerprint density at radius 3 is 2.96 bits per heavy atom. The van der Waals surface area contributed by atoms with Gasteiger partial charge in [0.1, 0.15) is 6.61 Å². The summed E-state index contributed by atoms with van der Waals surface area (Å²) in [5.74, 6) is 0.949. The van der Waals surface area contributed by atoms with Gasteiger partial charge in [0, 0.05) is 44.6 Å². The van der Waals surface area contributed by atoms with Crippen molar-refractivity contribution in [3.63, 3.8) is 0 Å². The quantitative estimate of drug-likeness (QED) is 0.713. The monoisotopic (exact) mass is 372 g/mol. The molecule has 1 aromatic rings. The molecule has 1 aromatic carbocycles. The summed E-state index contributed by atoms with van der Waals surface area (Å²) in [7, 11) is 0. The first-order chi connectivity index (χ1) is 13.1. The maximum Gasteiger partial charge on any atom is 0.246 e. The number of nitrogens with one attached hydrogen (secondary N) is 1. The number of likely N-dealkylation sites (tertiary alicyclic amines) is 1. The summed E-state index contributed by atoms with van der Waals surface area (Å²) in [6.07, 6.45) is 3.54. The highest BCUT2D eigenvalue weighted by molar-refractivity contribution is 5.77. The molecule has 5 nitrogen and oxygen atoms in total. The number of benzene rings is 1. The molecular formula is C22H32N2O3. The zero-order valence-electron chi connectivity index (χ0n) is 16.6. The van der Waals surface area contributed by atoms with E-state index >= 15 is 0 Å². The number of hydrogen-bond acceptors (Lipinski definition) is 4. The summed E-state index contributed by atoms with van der Waals surface area (Å²) in [4.78, 5) is 14.6. The van der Waals surface area contributed by atoms with E-state index in [1.165, 1.54) is 11.1 Å². The van der Waals surface area contributed by atoms with Crippen molar-refractivity contribution < 1.29 is 14.3 Å². The first kappa shape index (κ1) is 18.9. The summed E-state index contributed by atoms with van der Waals surface area (Å²) < 4.78 is 11.8. The Morgan fingerprint density at radius 1 is 1.37 bits per heavy atom. The maximum absolute atomic E-state index is 12.0. The van der Waals surface area contributed by atoms with E-state index in [1.807, 2.05) is 6.92 Å². The van der Waals surface area contributed by atoms with Crippen molar-refractivity contribution in [3.05, 3.63) is 35.4 Å². The Kier molecular flexibility index (Phi) is 5.53. The molecule has 3 fully saturated rings. The van der Waals surface area contributed by atoms with Gasteiger partial charge in [0.15, 0.2) is 0 Å². The molecule has 4 rings (SSSR count). The van der Waals surface area contributed by atoms with Crippen molar-refractivity contribution in [2.24, 2.45) is 11.8 Å². The molecular weight excluding hydrogens is 340 g/mol. The molecule has 0 aliphatic carbocycles. The lowest BCUT2D eigenvalue weighted by atomic mass is 9.73. The van der Waals surface area contributed by atoms with Crippen LogP contribution in [-0.2, 0) is 20.8 Å². The molecule has 1 spiro atoms. The van der Waals surface area contributed by atoms with E-state index in [0.717, 1.165) is 38.9 Å². The fourth-order valence-electron chi connectivity index (χ4n) is 5.22. The van der Waals surface area contributed by atoms with E-state index in [-0.39, 0.29) is 18.1 Å². The second-order valence-corrected chi connectivity index (χ2v) is 8.54. The van der Waals surface area contributed by atoms with E-state index < -0.39 is 0 Å². The zero-order chi connectivity index (χ0) is 18.9. The average molecular weight is 373 g/mol. The number of carbonyl (C=O) groups is 1. The van der Waals surface area contributed by atoms with Gasteiger partial charge >= 0.3 is 0 Å². The van der Waals surface area contributed by atoms with Crippen molar-refractivity contribution >= 4 is 5.91 Å². The lowest BCUT2D eigenvalue weighted by Crippen LogP contribution is -2.42. The van der Waals surface area contributed by atoms with Crippen molar-refractivity contribution in [3.8, 4) is 0 Å². The lowest BCUT2D eigenvalue weighted by molar-refractivity contribution is -0.126. The van der Waals surface area contributed by atoms with Crippen molar-refractivity contribution in [2.75, 3.05) is 32.8 Å². The van der Waals surface area contributed by atoms with Crippen LogP contribution in [0.2, 0.25) is 0 Å². The van der Waals surface area contributed by atoms with Gasteiger partial charge in [-0.25, -0.2) is 0 Å². The van der Waals surface area contributed by atoms with E-state index in [2.05, 4.69) is 41.4 Å². The molecule has 2 bridgehead atoms. The summed E-state index contributed by atoms with van der Waals surface area (Å²) >= 11 is 0. The normalized spacial score (nSPS) is 32.0. The van der Waals surface area contributed by atoms with Gasteiger partial charge in [-0.15, -0.1) is 0 Å². The van der Waals surface area contributed by atoms with Gasteiger partial charge in [0.25, 0.3) is 0 Å². The Bertz CT molecular complexity index is 662.